The van der Waals surface area contributed by atoms with E-state index in [2.05, 4.69) is 4.98 Å². The number of hydrogen-bond acceptors (Lipinski definition) is 4. The number of esters is 1. The third-order valence-corrected chi connectivity index (χ3v) is 2.20. The van der Waals surface area contributed by atoms with E-state index >= 15 is 0 Å². The van der Waals surface area contributed by atoms with Gasteiger partial charge in [-0.15, -0.1) is 0 Å². The molecule has 0 saturated heterocycles. The fourth-order valence-electron chi connectivity index (χ4n) is 1.53. The van der Waals surface area contributed by atoms with E-state index in [9.17, 15) is 4.79 Å². The second kappa shape index (κ2) is 4.22. The number of carbonyl (C=O) groups is 1. The lowest BCUT2D eigenvalue weighted by atomic mass is 10.3. The zero-order valence-electron chi connectivity index (χ0n) is 9.01. The molecule has 0 spiro atoms. The summed E-state index contributed by atoms with van der Waals surface area (Å²) in [6.45, 7) is 2.16. The van der Waals surface area contributed by atoms with Gasteiger partial charge in [0.25, 0.3) is 0 Å². The average Bonchev–Trinajstić information content (AvgIpc) is 2.62. The number of rotatable bonds is 3. The largest absolute Gasteiger partial charge is 0.466 e. The monoisotopic (exact) mass is 219 g/mol. The lowest BCUT2D eigenvalue weighted by molar-refractivity contribution is -0.142. The molecule has 2 aromatic heterocycles. The van der Waals surface area contributed by atoms with Gasteiger partial charge in [-0.2, -0.15) is 0 Å². The number of pyridine rings is 1. The average molecular weight is 219 g/mol. The van der Waals surface area contributed by atoms with Crippen molar-refractivity contribution in [3.8, 4) is 0 Å². The van der Waals surface area contributed by atoms with Crippen molar-refractivity contribution in [1.29, 1.82) is 0 Å². The maximum Gasteiger partial charge on any atom is 0.311 e. The van der Waals surface area contributed by atoms with Crippen LogP contribution in [-0.4, -0.2) is 22.0 Å². The van der Waals surface area contributed by atoms with E-state index in [1.807, 2.05) is 12.1 Å². The number of ether oxygens (including phenoxy) is 1. The summed E-state index contributed by atoms with van der Waals surface area (Å²) in [6, 6.07) is 5.44. The van der Waals surface area contributed by atoms with Gasteiger partial charge in [0.2, 0.25) is 0 Å². The standard InChI is InChI=1S/C11H13N3O2/c1-2-16-11(15)6-8-7-14-9(12)4-3-5-10(14)13-8/h3-5,7H,2,6,12H2,1H3. The van der Waals surface area contributed by atoms with Crippen molar-refractivity contribution in [2.75, 3.05) is 12.3 Å². The number of nitrogen functional groups attached to an aromatic ring is 1. The van der Waals surface area contributed by atoms with Gasteiger partial charge in [0.05, 0.1) is 18.7 Å². The SMILES string of the molecule is CCOC(=O)Cc1cn2c(N)cccc2n1. The Morgan fingerprint density at radius 1 is 1.56 bits per heavy atom. The Bertz CT molecular complexity index is 519. The van der Waals surface area contributed by atoms with Crippen LogP contribution >= 0.6 is 0 Å². The number of nitrogens with zero attached hydrogens (tertiary/aromatic N) is 2. The first-order valence-corrected chi connectivity index (χ1v) is 5.09. The summed E-state index contributed by atoms with van der Waals surface area (Å²) in [5.74, 6) is 0.324. The molecule has 0 radical (unpaired) electrons. The normalized spacial score (nSPS) is 10.6. The highest BCUT2D eigenvalue weighted by Gasteiger charge is 2.08. The predicted molar refractivity (Wildman–Crippen MR) is 59.9 cm³/mol. The second-order valence-electron chi connectivity index (χ2n) is 3.39. The van der Waals surface area contributed by atoms with Crippen molar-refractivity contribution >= 4 is 17.4 Å². The van der Waals surface area contributed by atoms with E-state index in [1.54, 1.807) is 23.6 Å². The zero-order valence-corrected chi connectivity index (χ0v) is 9.01. The van der Waals surface area contributed by atoms with Crippen LogP contribution < -0.4 is 5.73 Å². The molecule has 0 aliphatic heterocycles. The van der Waals surface area contributed by atoms with Gasteiger partial charge in [-0.1, -0.05) is 6.07 Å². The van der Waals surface area contributed by atoms with Crippen molar-refractivity contribution in [2.24, 2.45) is 0 Å². The first kappa shape index (κ1) is 10.5. The van der Waals surface area contributed by atoms with Gasteiger partial charge in [-0.05, 0) is 19.1 Å². The maximum atomic E-state index is 11.3. The van der Waals surface area contributed by atoms with Crippen LogP contribution in [0.25, 0.3) is 5.65 Å². The molecule has 0 atom stereocenters. The molecule has 0 unspecified atom stereocenters. The van der Waals surface area contributed by atoms with E-state index in [0.717, 1.165) is 5.65 Å². The summed E-state index contributed by atoms with van der Waals surface area (Å²) in [7, 11) is 0. The molecule has 16 heavy (non-hydrogen) atoms. The van der Waals surface area contributed by atoms with Crippen LogP contribution in [0.15, 0.2) is 24.4 Å². The van der Waals surface area contributed by atoms with E-state index < -0.39 is 0 Å². The van der Waals surface area contributed by atoms with Gasteiger partial charge in [0.1, 0.15) is 11.5 Å². The number of aromatic nitrogens is 2. The zero-order chi connectivity index (χ0) is 11.5. The Morgan fingerprint density at radius 2 is 2.38 bits per heavy atom. The molecular weight excluding hydrogens is 206 g/mol. The van der Waals surface area contributed by atoms with E-state index in [0.29, 0.717) is 18.1 Å². The van der Waals surface area contributed by atoms with Crippen molar-refractivity contribution in [1.82, 2.24) is 9.38 Å². The molecule has 0 saturated carbocycles. The third kappa shape index (κ3) is 1.98. The van der Waals surface area contributed by atoms with E-state index in [4.69, 9.17) is 10.5 Å². The molecule has 0 fully saturated rings. The molecule has 0 amide bonds. The highest BCUT2D eigenvalue weighted by Crippen LogP contribution is 2.10. The minimum absolute atomic E-state index is 0.176. The van der Waals surface area contributed by atoms with Crippen LogP contribution in [-0.2, 0) is 16.0 Å². The van der Waals surface area contributed by atoms with Crippen molar-refractivity contribution < 1.29 is 9.53 Å². The number of fused-ring (bicyclic) bond motifs is 1. The van der Waals surface area contributed by atoms with Crippen LogP contribution in [0.3, 0.4) is 0 Å². The van der Waals surface area contributed by atoms with E-state index in [-0.39, 0.29) is 12.4 Å². The summed E-state index contributed by atoms with van der Waals surface area (Å²) in [4.78, 5) is 15.5. The molecular formula is C11H13N3O2. The van der Waals surface area contributed by atoms with Gasteiger partial charge in [0, 0.05) is 6.20 Å². The van der Waals surface area contributed by atoms with Gasteiger partial charge in [-0.3, -0.25) is 9.20 Å². The molecule has 2 rings (SSSR count). The van der Waals surface area contributed by atoms with Crippen LogP contribution in [0, 0.1) is 0 Å². The van der Waals surface area contributed by atoms with Gasteiger partial charge < -0.3 is 10.5 Å². The topological polar surface area (TPSA) is 69.6 Å². The quantitative estimate of drug-likeness (QED) is 0.782. The minimum Gasteiger partial charge on any atom is -0.466 e. The first-order chi connectivity index (χ1) is 7.70. The van der Waals surface area contributed by atoms with Gasteiger partial charge in [-0.25, -0.2) is 4.98 Å². The highest BCUT2D eigenvalue weighted by molar-refractivity contribution is 5.72. The number of anilines is 1. The van der Waals surface area contributed by atoms with E-state index in [1.165, 1.54) is 0 Å². The van der Waals surface area contributed by atoms with Crippen molar-refractivity contribution in [2.45, 2.75) is 13.3 Å². The van der Waals surface area contributed by atoms with Crippen LogP contribution in [0.2, 0.25) is 0 Å². The maximum absolute atomic E-state index is 11.3. The molecule has 0 aromatic carbocycles. The molecule has 5 nitrogen and oxygen atoms in total. The first-order valence-electron chi connectivity index (χ1n) is 5.09. The minimum atomic E-state index is -0.274. The number of nitrogens with two attached hydrogens (primary N) is 1. The summed E-state index contributed by atoms with van der Waals surface area (Å²) in [5.41, 5.74) is 7.16. The summed E-state index contributed by atoms with van der Waals surface area (Å²) >= 11 is 0. The summed E-state index contributed by atoms with van der Waals surface area (Å²) < 4.78 is 6.60. The van der Waals surface area contributed by atoms with Crippen LogP contribution in [0.4, 0.5) is 5.82 Å². The van der Waals surface area contributed by atoms with Crippen molar-refractivity contribution in [3.63, 3.8) is 0 Å². The lowest BCUT2D eigenvalue weighted by Crippen LogP contribution is -2.07. The Morgan fingerprint density at radius 3 is 3.06 bits per heavy atom. The van der Waals surface area contributed by atoms with Gasteiger partial charge in [0.15, 0.2) is 0 Å². The summed E-state index contributed by atoms with van der Waals surface area (Å²) in [6.07, 6.45) is 1.93. The Hall–Kier alpha value is -2.04. The predicted octanol–water partition coefficient (Wildman–Crippen LogP) is 1.02. The molecule has 5 heteroatoms. The number of imidazole rings is 1. The Kier molecular flexibility index (Phi) is 2.76. The fraction of sp³-hybridized carbons (Fsp3) is 0.273. The van der Waals surface area contributed by atoms with Crippen LogP contribution in [0.1, 0.15) is 12.6 Å². The second-order valence-corrected chi connectivity index (χ2v) is 3.39. The molecule has 2 N–H and O–H groups in total. The Labute approximate surface area is 92.8 Å². The van der Waals surface area contributed by atoms with Gasteiger partial charge >= 0.3 is 5.97 Å². The fourth-order valence-corrected chi connectivity index (χ4v) is 1.53. The van der Waals surface area contributed by atoms with Crippen molar-refractivity contribution in [3.05, 3.63) is 30.1 Å². The molecule has 0 aliphatic rings. The number of carbonyl (C=O) groups excluding carboxylic acids is 1. The molecule has 84 valence electrons. The summed E-state index contributed by atoms with van der Waals surface area (Å²) in [5, 5.41) is 0. The smallest absolute Gasteiger partial charge is 0.311 e. The molecule has 0 bridgehead atoms. The molecule has 0 aliphatic carbocycles. The lowest BCUT2D eigenvalue weighted by Gasteiger charge is -1.97. The highest BCUT2D eigenvalue weighted by atomic mass is 16.5. The Balaban J connectivity index is 2.26. The molecule has 2 heterocycles. The third-order valence-electron chi connectivity index (χ3n) is 2.20. The number of hydrogen-bond donors (Lipinski definition) is 1. The van der Waals surface area contributed by atoms with Crippen LogP contribution in [0.5, 0.6) is 0 Å². The molecule has 2 aromatic rings.